The lowest BCUT2D eigenvalue weighted by Gasteiger charge is -2.32. The minimum Gasteiger partial charge on any atom is -0.352 e. The van der Waals surface area contributed by atoms with Crippen LogP contribution in [0, 0.1) is 17.6 Å². The highest BCUT2D eigenvalue weighted by atomic mass is 19.2. The Balaban J connectivity index is 1.28. The summed E-state index contributed by atoms with van der Waals surface area (Å²) in [6.07, 6.45) is 7.71. The number of carbonyl (C=O) groups is 2. The zero-order valence-corrected chi connectivity index (χ0v) is 16.9. The van der Waals surface area contributed by atoms with Gasteiger partial charge in [-0.1, -0.05) is 6.07 Å². The minimum atomic E-state index is -0.930. The van der Waals surface area contributed by atoms with E-state index in [1.807, 2.05) is 0 Å². The number of benzene rings is 1. The molecule has 1 saturated heterocycles. The first-order valence-electron chi connectivity index (χ1n) is 10.3. The van der Waals surface area contributed by atoms with E-state index in [0.29, 0.717) is 42.7 Å². The lowest BCUT2D eigenvalue weighted by molar-refractivity contribution is -0.121. The van der Waals surface area contributed by atoms with Crippen molar-refractivity contribution in [3.05, 3.63) is 65.6 Å². The first-order chi connectivity index (χ1) is 15.0. The van der Waals surface area contributed by atoms with Gasteiger partial charge in [-0.2, -0.15) is 5.10 Å². The average Bonchev–Trinajstić information content (AvgIpc) is 3.22. The molecule has 1 atom stereocenters. The molecule has 0 radical (unpaired) electrons. The van der Waals surface area contributed by atoms with Crippen molar-refractivity contribution in [3.63, 3.8) is 0 Å². The number of rotatable bonds is 6. The van der Waals surface area contributed by atoms with E-state index in [9.17, 15) is 18.4 Å². The van der Waals surface area contributed by atoms with Crippen molar-refractivity contribution in [3.8, 4) is 0 Å². The van der Waals surface area contributed by atoms with Crippen LogP contribution in [0.25, 0.3) is 5.65 Å². The van der Waals surface area contributed by atoms with Crippen LogP contribution >= 0.6 is 0 Å². The van der Waals surface area contributed by atoms with E-state index in [1.54, 1.807) is 34.1 Å². The summed E-state index contributed by atoms with van der Waals surface area (Å²) in [5, 5.41) is 6.91. The van der Waals surface area contributed by atoms with Crippen LogP contribution in [-0.4, -0.2) is 44.4 Å². The van der Waals surface area contributed by atoms with Crippen molar-refractivity contribution in [2.45, 2.75) is 32.2 Å². The first-order valence-corrected chi connectivity index (χ1v) is 10.3. The molecule has 31 heavy (non-hydrogen) atoms. The molecule has 1 unspecified atom stereocenters. The van der Waals surface area contributed by atoms with Crippen LogP contribution in [0.3, 0.4) is 0 Å². The molecule has 1 aliphatic rings. The van der Waals surface area contributed by atoms with Crippen LogP contribution in [-0.2, 0) is 11.3 Å². The fourth-order valence-electron chi connectivity index (χ4n) is 3.91. The van der Waals surface area contributed by atoms with Gasteiger partial charge in [0.2, 0.25) is 5.91 Å². The number of piperidine rings is 1. The number of likely N-dealkylation sites (tertiary alicyclic amines) is 1. The Morgan fingerprint density at radius 1 is 1.23 bits per heavy atom. The summed E-state index contributed by atoms with van der Waals surface area (Å²) in [5.74, 6) is -1.87. The second-order valence-electron chi connectivity index (χ2n) is 7.77. The molecule has 0 aliphatic carbocycles. The maximum absolute atomic E-state index is 13.3. The van der Waals surface area contributed by atoms with E-state index in [1.165, 1.54) is 6.07 Å². The lowest BCUT2D eigenvalue weighted by Crippen LogP contribution is -2.40. The predicted molar refractivity (Wildman–Crippen MR) is 109 cm³/mol. The highest BCUT2D eigenvalue weighted by Gasteiger charge is 2.27. The van der Waals surface area contributed by atoms with Gasteiger partial charge in [0.25, 0.3) is 5.91 Å². The second kappa shape index (κ2) is 9.20. The van der Waals surface area contributed by atoms with Gasteiger partial charge in [-0.05, 0) is 48.9 Å². The smallest absolute Gasteiger partial charge is 0.259 e. The number of carbonyl (C=O) groups excluding carboxylic acids is 2. The van der Waals surface area contributed by atoms with E-state index < -0.39 is 11.6 Å². The first kappa shape index (κ1) is 20.9. The summed E-state index contributed by atoms with van der Waals surface area (Å²) < 4.78 is 27.8. The summed E-state index contributed by atoms with van der Waals surface area (Å²) in [7, 11) is 0. The molecule has 0 spiro atoms. The molecule has 1 fully saturated rings. The van der Waals surface area contributed by atoms with Crippen molar-refractivity contribution in [1.29, 1.82) is 0 Å². The monoisotopic (exact) mass is 427 g/mol. The van der Waals surface area contributed by atoms with Crippen LogP contribution in [0.5, 0.6) is 0 Å². The molecule has 7 nitrogen and oxygen atoms in total. The maximum Gasteiger partial charge on any atom is 0.259 e. The van der Waals surface area contributed by atoms with Crippen molar-refractivity contribution >= 4 is 17.5 Å². The fraction of sp³-hybridized carbons (Fsp3) is 0.364. The SMILES string of the molecule is O=C(CCC1CCCN(C(=O)c2cnn3cccnc23)C1)NCc1ccc(F)c(F)c1. The molecular formula is C22H23F2N5O2. The fourth-order valence-corrected chi connectivity index (χ4v) is 3.91. The maximum atomic E-state index is 13.3. The summed E-state index contributed by atoms with van der Waals surface area (Å²) in [4.78, 5) is 31.2. The van der Waals surface area contributed by atoms with Gasteiger partial charge in [0.1, 0.15) is 5.56 Å². The Bertz CT molecular complexity index is 1100. The Kier molecular flexibility index (Phi) is 6.20. The molecule has 1 N–H and O–H groups in total. The number of amides is 2. The Morgan fingerprint density at radius 2 is 2.10 bits per heavy atom. The van der Waals surface area contributed by atoms with Gasteiger partial charge in [-0.15, -0.1) is 0 Å². The normalized spacial score (nSPS) is 16.5. The van der Waals surface area contributed by atoms with Crippen LogP contribution in [0.4, 0.5) is 8.78 Å². The third-order valence-corrected chi connectivity index (χ3v) is 5.57. The van der Waals surface area contributed by atoms with Crippen molar-refractivity contribution in [2.75, 3.05) is 13.1 Å². The van der Waals surface area contributed by atoms with Crippen molar-refractivity contribution < 1.29 is 18.4 Å². The zero-order chi connectivity index (χ0) is 21.8. The molecule has 2 amide bonds. The van der Waals surface area contributed by atoms with Crippen LogP contribution in [0.15, 0.2) is 42.9 Å². The van der Waals surface area contributed by atoms with Gasteiger partial charge in [0, 0.05) is 38.4 Å². The van der Waals surface area contributed by atoms with Crippen LogP contribution < -0.4 is 5.32 Å². The number of hydrogen-bond donors (Lipinski definition) is 1. The Hall–Kier alpha value is -3.36. The number of halogens is 2. The van der Waals surface area contributed by atoms with Crippen molar-refractivity contribution in [2.24, 2.45) is 5.92 Å². The molecule has 1 aromatic carbocycles. The van der Waals surface area contributed by atoms with Crippen LogP contribution in [0.2, 0.25) is 0 Å². The third-order valence-electron chi connectivity index (χ3n) is 5.57. The quantitative estimate of drug-likeness (QED) is 0.656. The highest BCUT2D eigenvalue weighted by molar-refractivity contribution is 5.99. The van der Waals surface area contributed by atoms with Gasteiger partial charge < -0.3 is 10.2 Å². The zero-order valence-electron chi connectivity index (χ0n) is 16.9. The molecular weight excluding hydrogens is 404 g/mol. The Morgan fingerprint density at radius 3 is 2.94 bits per heavy atom. The van der Waals surface area contributed by atoms with E-state index in [-0.39, 0.29) is 24.3 Å². The molecule has 2 aromatic heterocycles. The summed E-state index contributed by atoms with van der Waals surface area (Å²) >= 11 is 0. The third kappa shape index (κ3) is 4.87. The van der Waals surface area contributed by atoms with E-state index in [0.717, 1.165) is 25.0 Å². The molecule has 1 aliphatic heterocycles. The van der Waals surface area contributed by atoms with Gasteiger partial charge in [-0.25, -0.2) is 18.3 Å². The summed E-state index contributed by atoms with van der Waals surface area (Å²) in [6, 6.07) is 5.32. The van der Waals surface area contributed by atoms with Gasteiger partial charge in [-0.3, -0.25) is 9.59 Å². The van der Waals surface area contributed by atoms with Gasteiger partial charge in [0.05, 0.1) is 6.20 Å². The van der Waals surface area contributed by atoms with Crippen LogP contribution in [0.1, 0.15) is 41.6 Å². The number of nitrogens with zero attached hydrogens (tertiary/aromatic N) is 4. The number of aromatic nitrogens is 3. The predicted octanol–water partition coefficient (Wildman–Crippen LogP) is 2.96. The van der Waals surface area contributed by atoms with E-state index in [4.69, 9.17) is 0 Å². The molecule has 3 aromatic rings. The Labute approximate surface area is 178 Å². The standard InChI is InChI=1S/C22H23F2N5O2/c23-18-6-4-16(11-19(18)24)12-26-20(30)7-5-15-3-1-9-28(14-15)22(31)17-13-27-29-10-2-8-25-21(17)29/h2,4,6,8,10-11,13,15H,1,3,5,7,9,12,14H2,(H,26,30). The highest BCUT2D eigenvalue weighted by Crippen LogP contribution is 2.23. The van der Waals surface area contributed by atoms with E-state index in [2.05, 4.69) is 15.4 Å². The summed E-state index contributed by atoms with van der Waals surface area (Å²) in [5.41, 5.74) is 1.51. The van der Waals surface area contributed by atoms with Crippen molar-refractivity contribution in [1.82, 2.24) is 24.8 Å². The minimum absolute atomic E-state index is 0.0961. The molecule has 0 bridgehead atoms. The van der Waals surface area contributed by atoms with E-state index >= 15 is 0 Å². The number of hydrogen-bond acceptors (Lipinski definition) is 4. The molecule has 162 valence electrons. The lowest BCUT2D eigenvalue weighted by atomic mass is 9.93. The molecule has 4 rings (SSSR count). The second-order valence-corrected chi connectivity index (χ2v) is 7.77. The summed E-state index contributed by atoms with van der Waals surface area (Å²) in [6.45, 7) is 1.40. The molecule has 3 heterocycles. The molecule has 0 saturated carbocycles. The number of nitrogens with one attached hydrogen (secondary N) is 1. The number of fused-ring (bicyclic) bond motifs is 1. The topological polar surface area (TPSA) is 79.6 Å². The van der Waals surface area contributed by atoms with Gasteiger partial charge in [0.15, 0.2) is 17.3 Å². The largest absolute Gasteiger partial charge is 0.352 e. The molecule has 9 heteroatoms. The van der Waals surface area contributed by atoms with Gasteiger partial charge >= 0.3 is 0 Å². The average molecular weight is 427 g/mol.